The van der Waals surface area contributed by atoms with Crippen molar-refractivity contribution >= 4 is 17.6 Å². The lowest BCUT2D eigenvalue weighted by Gasteiger charge is -2.38. The van der Waals surface area contributed by atoms with Crippen LogP contribution in [0.2, 0.25) is 0 Å². The Morgan fingerprint density at radius 3 is 2.35 bits per heavy atom. The highest BCUT2D eigenvalue weighted by Crippen LogP contribution is 2.43. The zero-order chi connectivity index (χ0) is 26.3. The number of likely N-dealkylation sites (N-methyl/N-ethyl adjacent to an activating group) is 1. The van der Waals surface area contributed by atoms with E-state index in [1.54, 1.807) is 28.6 Å². The first kappa shape index (κ1) is 24.4. The van der Waals surface area contributed by atoms with Crippen LogP contribution in [0, 0.1) is 25.5 Å². The monoisotopic (exact) mass is 500 g/mol. The molecule has 1 N–H and O–H groups in total. The average molecular weight is 501 g/mol. The lowest BCUT2D eigenvalue weighted by molar-refractivity contribution is -0.121. The number of anilines is 1. The Morgan fingerprint density at radius 1 is 1.00 bits per heavy atom. The molecule has 2 amide bonds. The Hall–Kier alpha value is -4.33. The lowest BCUT2D eigenvalue weighted by Crippen LogP contribution is -2.55. The molecule has 5 rings (SSSR count). The van der Waals surface area contributed by atoms with Gasteiger partial charge < -0.3 is 5.32 Å². The maximum atomic E-state index is 14.0. The van der Waals surface area contributed by atoms with Crippen molar-refractivity contribution in [2.24, 2.45) is 0 Å². The molecule has 1 aromatic heterocycles. The van der Waals surface area contributed by atoms with Crippen LogP contribution in [0.25, 0.3) is 5.69 Å². The van der Waals surface area contributed by atoms with E-state index in [9.17, 15) is 18.4 Å². The van der Waals surface area contributed by atoms with Crippen LogP contribution in [-0.4, -0.2) is 34.2 Å². The van der Waals surface area contributed by atoms with E-state index in [4.69, 9.17) is 5.10 Å². The number of nitrogens with one attached hydrogen (secondary N) is 1. The molecule has 0 saturated heterocycles. The van der Waals surface area contributed by atoms with Gasteiger partial charge in [0.2, 0.25) is 0 Å². The highest BCUT2D eigenvalue weighted by Gasteiger charge is 2.45. The summed E-state index contributed by atoms with van der Waals surface area (Å²) in [4.78, 5) is 28.9. The summed E-state index contributed by atoms with van der Waals surface area (Å²) < 4.78 is 29.4. The molecule has 0 aliphatic carbocycles. The van der Waals surface area contributed by atoms with Gasteiger partial charge in [0.05, 0.1) is 11.4 Å². The zero-order valence-corrected chi connectivity index (χ0v) is 20.7. The zero-order valence-electron chi connectivity index (χ0n) is 20.7. The summed E-state index contributed by atoms with van der Waals surface area (Å²) in [6.07, 6.45) is 0. The molecule has 2 unspecified atom stereocenters. The van der Waals surface area contributed by atoms with Crippen molar-refractivity contribution in [3.8, 4) is 5.69 Å². The third-order valence-corrected chi connectivity index (χ3v) is 6.77. The van der Waals surface area contributed by atoms with Crippen molar-refractivity contribution in [3.63, 3.8) is 0 Å². The Labute approximate surface area is 213 Å². The molecule has 37 heavy (non-hydrogen) atoms. The van der Waals surface area contributed by atoms with E-state index in [2.05, 4.69) is 5.32 Å². The molecule has 1 aliphatic heterocycles. The molecular formula is C29H26F2N4O2. The molecule has 188 valence electrons. The van der Waals surface area contributed by atoms with Gasteiger partial charge in [-0.2, -0.15) is 5.10 Å². The number of amides is 2. The number of benzene rings is 3. The third-order valence-electron chi connectivity index (χ3n) is 6.77. The fourth-order valence-corrected chi connectivity index (χ4v) is 4.97. The summed E-state index contributed by atoms with van der Waals surface area (Å²) in [6.45, 7) is 5.65. The van der Waals surface area contributed by atoms with Gasteiger partial charge >= 0.3 is 0 Å². The first-order valence-corrected chi connectivity index (χ1v) is 12.1. The second-order valence-electron chi connectivity index (χ2n) is 9.10. The summed E-state index contributed by atoms with van der Waals surface area (Å²) in [5.74, 6) is -1.63. The second kappa shape index (κ2) is 9.61. The normalized spacial score (nSPS) is 17.0. The molecule has 4 aromatic rings. The van der Waals surface area contributed by atoms with Crippen LogP contribution in [0.1, 0.15) is 45.6 Å². The van der Waals surface area contributed by atoms with Crippen molar-refractivity contribution in [2.45, 2.75) is 32.7 Å². The smallest absolute Gasteiger partial charge is 0.251 e. The van der Waals surface area contributed by atoms with Gasteiger partial charge in [0.25, 0.3) is 11.8 Å². The largest absolute Gasteiger partial charge is 0.339 e. The highest BCUT2D eigenvalue weighted by atomic mass is 19.1. The van der Waals surface area contributed by atoms with Gasteiger partial charge in [-0.1, -0.05) is 30.3 Å². The van der Waals surface area contributed by atoms with Crippen molar-refractivity contribution in [1.82, 2.24) is 15.1 Å². The van der Waals surface area contributed by atoms with Gasteiger partial charge in [0.1, 0.15) is 23.5 Å². The molecule has 1 aliphatic rings. The van der Waals surface area contributed by atoms with E-state index in [0.717, 1.165) is 11.3 Å². The first-order chi connectivity index (χ1) is 17.8. The van der Waals surface area contributed by atoms with Crippen molar-refractivity contribution < 1.29 is 18.4 Å². The molecule has 0 spiro atoms. The van der Waals surface area contributed by atoms with Crippen LogP contribution < -0.4 is 10.2 Å². The fraction of sp³-hybridized carbons (Fsp3) is 0.207. The number of carbonyl (C=O) groups excluding carboxylic acids is 2. The Morgan fingerprint density at radius 2 is 1.70 bits per heavy atom. The van der Waals surface area contributed by atoms with E-state index in [0.29, 0.717) is 29.2 Å². The first-order valence-electron chi connectivity index (χ1n) is 12.1. The van der Waals surface area contributed by atoms with E-state index in [1.165, 1.54) is 30.3 Å². The molecule has 8 heteroatoms. The summed E-state index contributed by atoms with van der Waals surface area (Å²) in [5.41, 5.74) is 3.50. The number of hydrogen-bond acceptors (Lipinski definition) is 3. The van der Waals surface area contributed by atoms with E-state index in [-0.39, 0.29) is 11.5 Å². The summed E-state index contributed by atoms with van der Waals surface area (Å²) in [6, 6.07) is 18.5. The number of rotatable bonds is 5. The van der Waals surface area contributed by atoms with Crippen molar-refractivity contribution in [3.05, 3.63) is 112 Å². The number of aryl methyl sites for hydroxylation is 2. The molecule has 6 nitrogen and oxygen atoms in total. The molecular weight excluding hydrogens is 474 g/mol. The molecule has 0 radical (unpaired) electrons. The summed E-state index contributed by atoms with van der Waals surface area (Å²) in [7, 11) is 0. The number of aromatic nitrogens is 2. The summed E-state index contributed by atoms with van der Waals surface area (Å²) in [5, 5.41) is 7.67. The van der Waals surface area contributed by atoms with Crippen LogP contribution in [0.4, 0.5) is 14.6 Å². The Kier molecular flexibility index (Phi) is 6.33. The number of hydrogen-bond donors (Lipinski definition) is 1. The molecule has 3 aromatic carbocycles. The number of carbonyl (C=O) groups is 2. The third kappa shape index (κ3) is 4.28. The molecule has 2 heterocycles. The van der Waals surface area contributed by atoms with Gasteiger partial charge in [-0.25, -0.2) is 13.5 Å². The minimum atomic E-state index is -0.983. The minimum absolute atomic E-state index is 0.245. The fourth-order valence-electron chi connectivity index (χ4n) is 4.97. The van der Waals surface area contributed by atoms with Gasteiger partial charge in [0.15, 0.2) is 0 Å². The second-order valence-corrected chi connectivity index (χ2v) is 9.10. The van der Waals surface area contributed by atoms with Gasteiger partial charge in [-0.3, -0.25) is 14.5 Å². The van der Waals surface area contributed by atoms with E-state index < -0.39 is 29.5 Å². The van der Waals surface area contributed by atoms with Crippen LogP contribution in [0.5, 0.6) is 0 Å². The molecule has 0 saturated carbocycles. The van der Waals surface area contributed by atoms with Crippen molar-refractivity contribution in [1.29, 1.82) is 0 Å². The molecule has 2 atom stereocenters. The average Bonchev–Trinajstić information content (AvgIpc) is 3.24. The van der Waals surface area contributed by atoms with Crippen LogP contribution >= 0.6 is 0 Å². The highest BCUT2D eigenvalue weighted by molar-refractivity contribution is 6.05. The Balaban J connectivity index is 1.67. The topological polar surface area (TPSA) is 67.2 Å². The number of halogens is 2. The van der Waals surface area contributed by atoms with Crippen LogP contribution in [-0.2, 0) is 4.79 Å². The van der Waals surface area contributed by atoms with E-state index >= 15 is 0 Å². The Bertz CT molecular complexity index is 1480. The molecule has 0 bridgehead atoms. The number of nitrogens with zero attached hydrogens (tertiary/aromatic N) is 3. The lowest BCUT2D eigenvalue weighted by atomic mass is 9.81. The SMILES string of the molecule is CCN1C(=O)C(NC(=O)c2ccc(F)c(C)c2)C(c2ccc(F)cc2)c2c(C)nn(-c3ccccc3)c21. The quantitative estimate of drug-likeness (QED) is 0.416. The van der Waals surface area contributed by atoms with Crippen LogP contribution in [0.15, 0.2) is 72.8 Å². The summed E-state index contributed by atoms with van der Waals surface area (Å²) >= 11 is 0. The number of fused-ring (bicyclic) bond motifs is 1. The van der Waals surface area contributed by atoms with Gasteiger partial charge in [-0.15, -0.1) is 0 Å². The predicted octanol–water partition coefficient (Wildman–Crippen LogP) is 5.06. The number of para-hydroxylation sites is 1. The standard InChI is InChI=1S/C29H26F2N4O2/c1-4-34-28-24(18(3)33-35(28)22-8-6-5-7-9-22)25(19-10-13-21(30)14-11-19)26(29(34)37)32-27(36)20-12-15-23(31)17(2)16-20/h5-16,25-26H,4H2,1-3H3,(H,32,36). The maximum absolute atomic E-state index is 14.0. The molecule has 0 fully saturated rings. The van der Waals surface area contributed by atoms with Crippen molar-refractivity contribution in [2.75, 3.05) is 11.4 Å². The van der Waals surface area contributed by atoms with Gasteiger partial charge in [-0.05, 0) is 74.4 Å². The van der Waals surface area contributed by atoms with Gasteiger partial charge in [0, 0.05) is 23.6 Å². The van der Waals surface area contributed by atoms with Crippen LogP contribution in [0.3, 0.4) is 0 Å². The predicted molar refractivity (Wildman–Crippen MR) is 137 cm³/mol. The maximum Gasteiger partial charge on any atom is 0.251 e. The van der Waals surface area contributed by atoms with E-state index in [1.807, 2.05) is 44.2 Å². The minimum Gasteiger partial charge on any atom is -0.339 e.